The van der Waals surface area contributed by atoms with Crippen molar-refractivity contribution in [3.05, 3.63) is 108 Å². The second kappa shape index (κ2) is 8.32. The lowest BCUT2D eigenvalue weighted by Gasteiger charge is -2.44. The highest BCUT2D eigenvalue weighted by Gasteiger charge is 2.51. The molecule has 0 aromatic heterocycles. The summed E-state index contributed by atoms with van der Waals surface area (Å²) >= 11 is 0. The summed E-state index contributed by atoms with van der Waals surface area (Å²) in [7, 11) is 0. The first-order chi connectivity index (χ1) is 15.2. The molecule has 1 amide bonds. The Kier molecular flexibility index (Phi) is 5.37. The van der Waals surface area contributed by atoms with Crippen LogP contribution in [0.5, 0.6) is 0 Å². The number of likely N-dealkylation sites (tertiary alicyclic amines) is 1. The third-order valence-corrected chi connectivity index (χ3v) is 7.29. The Labute approximate surface area is 185 Å². The van der Waals surface area contributed by atoms with Crippen molar-refractivity contribution in [3.8, 4) is 0 Å². The zero-order valence-electron chi connectivity index (χ0n) is 18.1. The van der Waals surface area contributed by atoms with Gasteiger partial charge in [0.15, 0.2) is 0 Å². The molecule has 1 saturated heterocycles. The van der Waals surface area contributed by atoms with Crippen molar-refractivity contribution in [2.75, 3.05) is 13.1 Å². The number of amides is 1. The van der Waals surface area contributed by atoms with Gasteiger partial charge in [0.2, 0.25) is 5.91 Å². The second-order valence-corrected chi connectivity index (χ2v) is 9.02. The number of carbonyl (C=O) groups is 1. The van der Waals surface area contributed by atoms with Gasteiger partial charge in [0.25, 0.3) is 0 Å². The Morgan fingerprint density at radius 3 is 1.71 bits per heavy atom. The van der Waals surface area contributed by atoms with Gasteiger partial charge < -0.3 is 5.32 Å². The predicted octanol–water partition coefficient (Wildman–Crippen LogP) is 4.83. The van der Waals surface area contributed by atoms with Crippen molar-refractivity contribution < 1.29 is 4.79 Å². The van der Waals surface area contributed by atoms with E-state index < -0.39 is 0 Å². The molecule has 2 aliphatic rings. The molecule has 3 atom stereocenters. The summed E-state index contributed by atoms with van der Waals surface area (Å²) in [5, 5.41) is 3.24. The van der Waals surface area contributed by atoms with Gasteiger partial charge in [-0.25, -0.2) is 0 Å². The fourth-order valence-electron chi connectivity index (χ4n) is 6.07. The van der Waals surface area contributed by atoms with Crippen LogP contribution in [-0.2, 0) is 10.3 Å². The van der Waals surface area contributed by atoms with Crippen LogP contribution >= 0.6 is 0 Å². The average molecular weight is 411 g/mol. The number of benzene rings is 3. The number of nitrogens with one attached hydrogen (secondary N) is 1. The minimum absolute atomic E-state index is 0.0875. The van der Waals surface area contributed by atoms with Gasteiger partial charge in [-0.3, -0.25) is 9.69 Å². The zero-order chi connectivity index (χ0) is 21.3. The van der Waals surface area contributed by atoms with Crippen LogP contribution in [0.15, 0.2) is 91.0 Å². The standard InChI is InChI=1S/C28H30N2O/c1-21(31)29-27-18-17-22-19-30(20-26(22)27)28(23-11-5-2-6-12-23,24-13-7-3-8-14-24)25-15-9-4-10-16-25/h2-16,22,26-27H,17-20H2,1H3,(H,29,31). The highest BCUT2D eigenvalue weighted by molar-refractivity contribution is 5.73. The van der Waals surface area contributed by atoms with E-state index in [1.54, 1.807) is 6.92 Å². The highest BCUT2D eigenvalue weighted by atomic mass is 16.1. The molecule has 1 aliphatic heterocycles. The Bertz CT molecular complexity index is 922. The summed E-state index contributed by atoms with van der Waals surface area (Å²) in [6.07, 6.45) is 2.28. The fourth-order valence-corrected chi connectivity index (χ4v) is 6.07. The van der Waals surface area contributed by atoms with E-state index in [1.807, 2.05) is 0 Å². The molecule has 3 aromatic rings. The van der Waals surface area contributed by atoms with E-state index in [-0.39, 0.29) is 17.5 Å². The van der Waals surface area contributed by atoms with Gasteiger partial charge in [0, 0.05) is 26.1 Å². The fraction of sp³-hybridized carbons (Fsp3) is 0.321. The topological polar surface area (TPSA) is 32.3 Å². The van der Waals surface area contributed by atoms with Crippen LogP contribution in [0.3, 0.4) is 0 Å². The molecule has 158 valence electrons. The van der Waals surface area contributed by atoms with Crippen molar-refractivity contribution in [1.29, 1.82) is 0 Å². The molecule has 3 nitrogen and oxygen atoms in total. The Balaban J connectivity index is 1.66. The number of nitrogens with zero attached hydrogens (tertiary/aromatic N) is 1. The lowest BCUT2D eigenvalue weighted by atomic mass is 9.75. The van der Waals surface area contributed by atoms with Crippen LogP contribution in [0.2, 0.25) is 0 Å². The molecule has 2 fully saturated rings. The third kappa shape index (κ3) is 3.47. The van der Waals surface area contributed by atoms with E-state index in [1.165, 1.54) is 23.1 Å². The van der Waals surface area contributed by atoms with Gasteiger partial charge in [-0.15, -0.1) is 0 Å². The zero-order valence-corrected chi connectivity index (χ0v) is 18.1. The summed E-state index contributed by atoms with van der Waals surface area (Å²) in [6.45, 7) is 3.66. The van der Waals surface area contributed by atoms with Gasteiger partial charge >= 0.3 is 0 Å². The van der Waals surface area contributed by atoms with Crippen LogP contribution in [-0.4, -0.2) is 29.9 Å². The van der Waals surface area contributed by atoms with Crippen molar-refractivity contribution in [2.24, 2.45) is 11.8 Å². The van der Waals surface area contributed by atoms with Crippen LogP contribution in [0.25, 0.3) is 0 Å². The number of rotatable bonds is 5. The molecule has 5 rings (SSSR count). The molecule has 3 unspecified atom stereocenters. The third-order valence-electron chi connectivity index (χ3n) is 7.29. The van der Waals surface area contributed by atoms with Crippen molar-refractivity contribution >= 4 is 5.91 Å². The van der Waals surface area contributed by atoms with Crippen LogP contribution in [0, 0.1) is 11.8 Å². The van der Waals surface area contributed by atoms with E-state index in [9.17, 15) is 4.79 Å². The maximum Gasteiger partial charge on any atom is 0.217 e. The first-order valence-electron chi connectivity index (χ1n) is 11.4. The van der Waals surface area contributed by atoms with E-state index in [4.69, 9.17) is 0 Å². The normalized spacial score (nSPS) is 23.5. The maximum atomic E-state index is 11.8. The minimum Gasteiger partial charge on any atom is -0.353 e. The molecular formula is C28H30N2O. The van der Waals surface area contributed by atoms with Crippen LogP contribution in [0.1, 0.15) is 36.5 Å². The maximum absolute atomic E-state index is 11.8. The highest BCUT2D eigenvalue weighted by Crippen LogP contribution is 2.49. The molecule has 1 heterocycles. The van der Waals surface area contributed by atoms with Crippen LogP contribution in [0.4, 0.5) is 0 Å². The number of carbonyl (C=O) groups excluding carboxylic acids is 1. The quantitative estimate of drug-likeness (QED) is 0.612. The predicted molar refractivity (Wildman–Crippen MR) is 125 cm³/mol. The molecular weight excluding hydrogens is 380 g/mol. The molecule has 31 heavy (non-hydrogen) atoms. The summed E-state index contributed by atoms with van der Waals surface area (Å²) in [5.74, 6) is 1.20. The van der Waals surface area contributed by atoms with Gasteiger partial charge in [0.1, 0.15) is 0 Å². The molecule has 1 saturated carbocycles. The lowest BCUT2D eigenvalue weighted by molar-refractivity contribution is -0.119. The summed E-state index contributed by atoms with van der Waals surface area (Å²) in [4.78, 5) is 14.5. The molecule has 0 bridgehead atoms. The lowest BCUT2D eigenvalue weighted by Crippen LogP contribution is -2.48. The van der Waals surface area contributed by atoms with Gasteiger partial charge in [-0.2, -0.15) is 0 Å². The smallest absolute Gasteiger partial charge is 0.217 e. The average Bonchev–Trinajstić information content (AvgIpc) is 3.39. The number of hydrogen-bond donors (Lipinski definition) is 1. The van der Waals surface area contributed by atoms with E-state index >= 15 is 0 Å². The monoisotopic (exact) mass is 410 g/mol. The van der Waals surface area contributed by atoms with Gasteiger partial charge in [-0.1, -0.05) is 91.0 Å². The first kappa shape index (κ1) is 20.0. The molecule has 1 N–H and O–H groups in total. The largest absolute Gasteiger partial charge is 0.353 e. The SMILES string of the molecule is CC(=O)NC1CCC2CN(C(c3ccccc3)(c3ccccc3)c3ccccc3)CC21. The second-order valence-electron chi connectivity index (χ2n) is 9.02. The van der Waals surface area contributed by atoms with Crippen molar-refractivity contribution in [3.63, 3.8) is 0 Å². The Morgan fingerprint density at radius 1 is 0.774 bits per heavy atom. The molecule has 1 aliphatic carbocycles. The number of hydrogen-bond acceptors (Lipinski definition) is 2. The summed E-state index contributed by atoms with van der Waals surface area (Å²) in [5.41, 5.74) is 3.53. The number of fused-ring (bicyclic) bond motifs is 1. The summed E-state index contributed by atoms with van der Waals surface area (Å²) in [6, 6.07) is 33.0. The van der Waals surface area contributed by atoms with E-state index in [2.05, 4.69) is 101 Å². The molecule has 3 heteroatoms. The van der Waals surface area contributed by atoms with Gasteiger partial charge in [0.05, 0.1) is 5.54 Å². The summed E-state index contributed by atoms with van der Waals surface area (Å²) < 4.78 is 0. The van der Waals surface area contributed by atoms with E-state index in [0.717, 1.165) is 19.5 Å². The Morgan fingerprint density at radius 2 is 1.26 bits per heavy atom. The van der Waals surface area contributed by atoms with Gasteiger partial charge in [-0.05, 0) is 41.4 Å². The van der Waals surface area contributed by atoms with Crippen molar-refractivity contribution in [2.45, 2.75) is 31.3 Å². The molecule has 0 spiro atoms. The van der Waals surface area contributed by atoms with E-state index in [0.29, 0.717) is 11.8 Å². The Hall–Kier alpha value is -2.91. The van der Waals surface area contributed by atoms with Crippen molar-refractivity contribution in [1.82, 2.24) is 10.2 Å². The molecule has 0 radical (unpaired) electrons. The molecule has 3 aromatic carbocycles. The first-order valence-corrected chi connectivity index (χ1v) is 11.4. The minimum atomic E-state index is -0.352. The van der Waals surface area contributed by atoms with Crippen LogP contribution < -0.4 is 5.32 Å².